The van der Waals surface area contributed by atoms with Crippen LogP contribution in [0, 0.1) is 0 Å². The number of hydrogen-bond donors (Lipinski definition) is 1. The van der Waals surface area contributed by atoms with Crippen molar-refractivity contribution in [2.24, 2.45) is 0 Å². The molecule has 0 aromatic heterocycles. The number of hydrogen-bond acceptors (Lipinski definition) is 4. The fraction of sp³-hybridized carbons (Fsp3) is 0.489. The van der Waals surface area contributed by atoms with Gasteiger partial charge >= 0.3 is 0 Å². The molecule has 0 bridgehead atoms. The number of phenolic OH excluding ortho intramolecular Hbond substituents is 1. The summed E-state index contributed by atoms with van der Waals surface area (Å²) in [7, 11) is -1.88. The van der Waals surface area contributed by atoms with E-state index in [1.54, 1.807) is 0 Å². The van der Waals surface area contributed by atoms with Gasteiger partial charge in [0.05, 0.1) is 12.7 Å². The van der Waals surface area contributed by atoms with Crippen LogP contribution < -0.4 is 15.1 Å². The van der Waals surface area contributed by atoms with Gasteiger partial charge in [-0.15, -0.1) is 0 Å². The van der Waals surface area contributed by atoms with Crippen molar-refractivity contribution in [1.29, 1.82) is 0 Å². The zero-order valence-electron chi connectivity index (χ0n) is 35.1. The van der Waals surface area contributed by atoms with E-state index >= 15 is 0 Å². The van der Waals surface area contributed by atoms with E-state index in [1.165, 1.54) is 21.7 Å². The standard InChI is InChI=1S/C47H66O4P2/c1-15-49-35(26-27-53(36-22-18-16-19-23-36)37-24-20-17-21-25-37)32-50-52(14)51-43-39(29-34(45(5,6)7)31-41(43)47(11,12)13)38-28-33(44(2,3)4)30-40(42(38)48)46(8,9)10/h16-25,28-31,35,48H,15,26-27,32H2,1-14H3. The number of rotatable bonds is 13. The summed E-state index contributed by atoms with van der Waals surface area (Å²) < 4.78 is 19.9. The van der Waals surface area contributed by atoms with Crippen LogP contribution in [0.25, 0.3) is 11.1 Å². The Balaban J connectivity index is 1.72. The fourth-order valence-electron chi connectivity index (χ4n) is 6.45. The summed E-state index contributed by atoms with van der Waals surface area (Å²) in [5.41, 5.74) is 5.42. The van der Waals surface area contributed by atoms with Crippen LogP contribution in [-0.4, -0.2) is 37.3 Å². The molecule has 0 fully saturated rings. The molecule has 0 spiro atoms. The van der Waals surface area contributed by atoms with Crippen molar-refractivity contribution >= 4 is 26.9 Å². The minimum atomic E-state index is -1.35. The highest BCUT2D eigenvalue weighted by molar-refractivity contribution is 7.73. The Labute approximate surface area is 324 Å². The Kier molecular flexibility index (Phi) is 14.1. The molecule has 2 atom stereocenters. The predicted molar refractivity (Wildman–Crippen MR) is 232 cm³/mol. The van der Waals surface area contributed by atoms with E-state index in [4.69, 9.17) is 13.8 Å². The summed E-state index contributed by atoms with van der Waals surface area (Å²) in [5.74, 6) is 1.09. The highest BCUT2D eigenvalue weighted by Crippen LogP contribution is 2.52. The van der Waals surface area contributed by atoms with Gasteiger partial charge in [-0.1, -0.05) is 156 Å². The minimum Gasteiger partial charge on any atom is -0.507 e. The molecule has 288 valence electrons. The third-order valence-electron chi connectivity index (χ3n) is 9.71. The van der Waals surface area contributed by atoms with E-state index in [0.29, 0.717) is 19.0 Å². The first-order chi connectivity index (χ1) is 24.6. The van der Waals surface area contributed by atoms with Crippen LogP contribution in [0.4, 0.5) is 0 Å². The van der Waals surface area contributed by atoms with E-state index in [2.05, 4.69) is 175 Å². The molecule has 0 aliphatic carbocycles. The van der Waals surface area contributed by atoms with E-state index in [0.717, 1.165) is 40.6 Å². The Morgan fingerprint density at radius 1 is 0.623 bits per heavy atom. The summed E-state index contributed by atoms with van der Waals surface area (Å²) in [5, 5.41) is 14.9. The average molecular weight is 757 g/mol. The maximum atomic E-state index is 12.1. The third kappa shape index (κ3) is 11.4. The molecule has 2 unspecified atom stereocenters. The Bertz CT molecular complexity index is 1740. The lowest BCUT2D eigenvalue weighted by Gasteiger charge is -2.32. The van der Waals surface area contributed by atoms with Crippen LogP contribution >= 0.6 is 16.3 Å². The highest BCUT2D eigenvalue weighted by atomic mass is 31.2. The maximum absolute atomic E-state index is 12.1. The van der Waals surface area contributed by atoms with Gasteiger partial charge < -0.3 is 18.9 Å². The molecule has 0 amide bonds. The molecule has 53 heavy (non-hydrogen) atoms. The molecule has 0 radical (unpaired) electrons. The van der Waals surface area contributed by atoms with Crippen molar-refractivity contribution in [2.45, 2.75) is 124 Å². The van der Waals surface area contributed by atoms with Crippen LogP contribution in [0.3, 0.4) is 0 Å². The number of aromatic hydroxyl groups is 1. The van der Waals surface area contributed by atoms with Gasteiger partial charge in [-0.3, -0.25) is 0 Å². The SMILES string of the molecule is CCOC(CCP(c1ccccc1)c1ccccc1)COP(C)Oc1c(-c2cc(C(C)(C)C)cc(C(C)(C)C)c2O)cc(C(C)(C)C)cc1C(C)(C)C. The van der Waals surface area contributed by atoms with Gasteiger partial charge in [0.1, 0.15) is 11.5 Å². The summed E-state index contributed by atoms with van der Waals surface area (Å²) in [4.78, 5) is 0. The average Bonchev–Trinajstić information content (AvgIpc) is 3.06. The van der Waals surface area contributed by atoms with Gasteiger partial charge in [-0.25, -0.2) is 0 Å². The molecule has 0 heterocycles. The predicted octanol–water partition coefficient (Wildman–Crippen LogP) is 12.5. The van der Waals surface area contributed by atoms with E-state index in [1.807, 2.05) is 6.66 Å². The molecule has 4 rings (SSSR count). The molecule has 4 aromatic rings. The monoisotopic (exact) mass is 756 g/mol. The molecule has 0 aliphatic heterocycles. The Morgan fingerprint density at radius 3 is 1.55 bits per heavy atom. The first kappa shape index (κ1) is 43.0. The summed E-state index contributed by atoms with van der Waals surface area (Å²) in [6.07, 6.45) is 1.83. The van der Waals surface area contributed by atoms with Gasteiger partial charge in [0.2, 0.25) is 8.38 Å². The molecule has 6 heteroatoms. The zero-order chi connectivity index (χ0) is 39.4. The van der Waals surface area contributed by atoms with Crippen molar-refractivity contribution in [3.05, 3.63) is 107 Å². The van der Waals surface area contributed by atoms with Gasteiger partial charge in [0.15, 0.2) is 0 Å². The maximum Gasteiger partial charge on any atom is 0.226 e. The van der Waals surface area contributed by atoms with Crippen LogP contribution in [0.2, 0.25) is 0 Å². The van der Waals surface area contributed by atoms with Crippen molar-refractivity contribution in [1.82, 2.24) is 0 Å². The molecule has 1 N–H and O–H groups in total. The molecule has 0 aliphatic rings. The van der Waals surface area contributed by atoms with Gasteiger partial charge in [-0.05, 0) is 83.0 Å². The molecule has 4 nitrogen and oxygen atoms in total. The molecular weight excluding hydrogens is 690 g/mol. The Hall–Kier alpha value is -2.74. The lowest BCUT2D eigenvalue weighted by atomic mass is 9.75. The third-order valence-corrected chi connectivity index (χ3v) is 13.2. The molecular formula is C47H66O4P2. The van der Waals surface area contributed by atoms with Gasteiger partial charge in [0.25, 0.3) is 0 Å². The number of phenols is 1. The van der Waals surface area contributed by atoms with Crippen molar-refractivity contribution in [3.8, 4) is 22.6 Å². The van der Waals surface area contributed by atoms with Crippen molar-refractivity contribution in [3.63, 3.8) is 0 Å². The lowest BCUT2D eigenvalue weighted by molar-refractivity contribution is 0.0273. The molecule has 0 saturated heterocycles. The zero-order valence-corrected chi connectivity index (χ0v) is 36.8. The molecule has 0 saturated carbocycles. The minimum absolute atomic E-state index is 0.0577. The topological polar surface area (TPSA) is 47.9 Å². The second-order valence-electron chi connectivity index (χ2n) is 18.3. The second-order valence-corrected chi connectivity index (χ2v) is 22.0. The Morgan fingerprint density at radius 2 is 1.09 bits per heavy atom. The number of ether oxygens (including phenoxy) is 1. The summed E-state index contributed by atoms with van der Waals surface area (Å²) >= 11 is 0. The van der Waals surface area contributed by atoms with Crippen LogP contribution in [0.15, 0.2) is 84.9 Å². The molecule has 4 aromatic carbocycles. The van der Waals surface area contributed by atoms with E-state index in [9.17, 15) is 5.11 Å². The van der Waals surface area contributed by atoms with Crippen LogP contribution in [0.5, 0.6) is 11.5 Å². The van der Waals surface area contributed by atoms with E-state index in [-0.39, 0.29) is 27.8 Å². The van der Waals surface area contributed by atoms with E-state index < -0.39 is 16.3 Å². The van der Waals surface area contributed by atoms with Crippen LogP contribution in [0.1, 0.15) is 119 Å². The first-order valence-electron chi connectivity index (χ1n) is 19.2. The number of benzene rings is 4. The van der Waals surface area contributed by atoms with Gasteiger partial charge in [0, 0.05) is 35.5 Å². The normalized spacial score (nSPS) is 14.0. The highest BCUT2D eigenvalue weighted by Gasteiger charge is 2.32. The summed E-state index contributed by atoms with van der Waals surface area (Å²) in [6, 6.07) is 30.6. The van der Waals surface area contributed by atoms with Crippen molar-refractivity contribution in [2.75, 3.05) is 26.0 Å². The van der Waals surface area contributed by atoms with Crippen LogP contribution in [-0.2, 0) is 30.9 Å². The smallest absolute Gasteiger partial charge is 0.226 e. The summed E-state index contributed by atoms with van der Waals surface area (Å²) in [6.45, 7) is 31.8. The first-order valence-corrected chi connectivity index (χ1v) is 22.4. The lowest BCUT2D eigenvalue weighted by Crippen LogP contribution is -2.23. The quantitative estimate of drug-likeness (QED) is 0.138. The largest absolute Gasteiger partial charge is 0.507 e. The second kappa shape index (κ2) is 17.4. The van der Waals surface area contributed by atoms with Gasteiger partial charge in [-0.2, -0.15) is 0 Å². The van der Waals surface area contributed by atoms with Crippen molar-refractivity contribution < 1.29 is 18.9 Å². The fourth-order valence-corrected chi connectivity index (χ4v) is 9.76.